The van der Waals surface area contributed by atoms with Crippen molar-refractivity contribution >= 4 is 0 Å². The fraction of sp³-hybridized carbons (Fsp3) is 0.938. The molecule has 3 heteroatoms. The van der Waals surface area contributed by atoms with Crippen LogP contribution in [0.3, 0.4) is 0 Å². The molecule has 19 heavy (non-hydrogen) atoms. The topological polar surface area (TPSA) is 47.3 Å². The predicted molar refractivity (Wildman–Crippen MR) is 72.3 cm³/mol. The van der Waals surface area contributed by atoms with Crippen molar-refractivity contribution in [2.75, 3.05) is 6.54 Å². The fourth-order valence-corrected chi connectivity index (χ4v) is 5.49. The van der Waals surface area contributed by atoms with Crippen LogP contribution in [0.1, 0.15) is 51.9 Å². The molecule has 0 amide bonds. The normalized spacial score (nSPS) is 53.6. The van der Waals surface area contributed by atoms with E-state index in [2.05, 4.69) is 17.9 Å². The number of nitrogens with zero attached hydrogens (tertiary/aromatic N) is 2. The summed E-state index contributed by atoms with van der Waals surface area (Å²) >= 11 is 0. The molecular formula is C16H24N2O. The maximum atomic E-state index is 11.3. The SMILES string of the molecule is CC1CC(O)(C2(C#N)CC3CCC2C3)CN1C1CC1. The number of likely N-dealkylation sites (tertiary alicyclic amines) is 1. The van der Waals surface area contributed by atoms with E-state index in [1.807, 2.05) is 0 Å². The van der Waals surface area contributed by atoms with Crippen LogP contribution in [0.25, 0.3) is 0 Å². The minimum Gasteiger partial charge on any atom is -0.387 e. The Hall–Kier alpha value is -0.590. The van der Waals surface area contributed by atoms with E-state index in [1.54, 1.807) is 0 Å². The predicted octanol–water partition coefficient (Wildman–Crippen LogP) is 2.30. The van der Waals surface area contributed by atoms with Gasteiger partial charge in [0, 0.05) is 18.6 Å². The van der Waals surface area contributed by atoms with E-state index in [4.69, 9.17) is 0 Å². The zero-order chi connectivity index (χ0) is 13.3. The van der Waals surface area contributed by atoms with Gasteiger partial charge in [0.1, 0.15) is 0 Å². The minimum absolute atomic E-state index is 0.437. The van der Waals surface area contributed by atoms with Crippen molar-refractivity contribution in [2.24, 2.45) is 17.3 Å². The molecule has 0 aromatic carbocycles. The van der Waals surface area contributed by atoms with Crippen LogP contribution in [0.5, 0.6) is 0 Å². The van der Waals surface area contributed by atoms with Crippen LogP contribution in [0.4, 0.5) is 0 Å². The summed E-state index contributed by atoms with van der Waals surface area (Å²) in [6, 6.07) is 3.75. The molecule has 3 nitrogen and oxygen atoms in total. The Morgan fingerprint density at radius 1 is 1.21 bits per heavy atom. The number of hydrogen-bond donors (Lipinski definition) is 1. The third kappa shape index (κ3) is 1.51. The standard InChI is InChI=1S/C16H24N2O/c1-11-7-16(19,10-18(11)14-4-5-14)15(9-17)8-12-2-3-13(15)6-12/h11-14,19H,2-8,10H2,1H3. The van der Waals surface area contributed by atoms with Gasteiger partial charge in [0.2, 0.25) is 0 Å². The van der Waals surface area contributed by atoms with Gasteiger partial charge in [0.25, 0.3) is 0 Å². The zero-order valence-corrected chi connectivity index (χ0v) is 11.8. The molecular weight excluding hydrogens is 236 g/mol. The van der Waals surface area contributed by atoms with Gasteiger partial charge in [-0.15, -0.1) is 0 Å². The van der Waals surface area contributed by atoms with Gasteiger partial charge in [-0.1, -0.05) is 6.42 Å². The molecule has 4 aliphatic rings. The van der Waals surface area contributed by atoms with Gasteiger partial charge < -0.3 is 5.11 Å². The Kier molecular flexibility index (Phi) is 2.40. The number of aliphatic hydroxyl groups is 1. The van der Waals surface area contributed by atoms with Crippen molar-refractivity contribution in [3.63, 3.8) is 0 Å². The van der Waals surface area contributed by atoms with Gasteiger partial charge in [-0.3, -0.25) is 4.90 Å². The molecule has 4 fully saturated rings. The monoisotopic (exact) mass is 260 g/mol. The minimum atomic E-state index is -0.746. The Morgan fingerprint density at radius 3 is 2.53 bits per heavy atom. The average Bonchev–Trinajstić information content (AvgIpc) is 2.89. The highest BCUT2D eigenvalue weighted by atomic mass is 16.3. The maximum Gasteiger partial charge on any atom is 0.0977 e. The number of hydrogen-bond acceptors (Lipinski definition) is 3. The van der Waals surface area contributed by atoms with E-state index in [0.29, 0.717) is 23.9 Å². The summed E-state index contributed by atoms with van der Waals surface area (Å²) in [5.41, 5.74) is -1.18. The molecule has 1 saturated heterocycles. The van der Waals surface area contributed by atoms with E-state index in [-0.39, 0.29) is 0 Å². The van der Waals surface area contributed by atoms with E-state index in [0.717, 1.165) is 19.4 Å². The quantitative estimate of drug-likeness (QED) is 0.828. The summed E-state index contributed by atoms with van der Waals surface area (Å²) < 4.78 is 0. The van der Waals surface area contributed by atoms with Crippen LogP contribution >= 0.6 is 0 Å². The molecule has 0 aromatic heterocycles. The molecule has 5 atom stereocenters. The van der Waals surface area contributed by atoms with Gasteiger partial charge in [0.15, 0.2) is 0 Å². The molecule has 0 radical (unpaired) electrons. The highest BCUT2D eigenvalue weighted by Crippen LogP contribution is 2.62. The second kappa shape index (κ2) is 3.74. The molecule has 0 spiro atoms. The first-order chi connectivity index (χ1) is 9.08. The Labute approximate surface area is 115 Å². The van der Waals surface area contributed by atoms with Crippen molar-refractivity contribution in [3.05, 3.63) is 0 Å². The molecule has 3 aliphatic carbocycles. The number of nitriles is 1. The van der Waals surface area contributed by atoms with Gasteiger partial charge >= 0.3 is 0 Å². The van der Waals surface area contributed by atoms with Crippen molar-refractivity contribution in [1.82, 2.24) is 4.90 Å². The molecule has 0 aromatic rings. The number of β-amino-alcohol motifs (C(OH)–C–C–N with tert-alkyl or cyclic N) is 1. The van der Waals surface area contributed by atoms with E-state index in [9.17, 15) is 10.4 Å². The van der Waals surface area contributed by atoms with E-state index >= 15 is 0 Å². The van der Waals surface area contributed by atoms with Crippen LogP contribution in [-0.2, 0) is 0 Å². The van der Waals surface area contributed by atoms with Crippen LogP contribution in [-0.4, -0.2) is 34.2 Å². The number of fused-ring (bicyclic) bond motifs is 2. The second-order valence-corrected chi connectivity index (χ2v) is 7.65. The Balaban J connectivity index is 1.65. The summed E-state index contributed by atoms with van der Waals surface area (Å²) in [6.07, 6.45) is 7.96. The summed E-state index contributed by atoms with van der Waals surface area (Å²) in [6.45, 7) is 2.98. The molecule has 104 valence electrons. The van der Waals surface area contributed by atoms with Gasteiger partial charge in [0.05, 0.1) is 17.1 Å². The molecule has 4 rings (SSSR count). The van der Waals surface area contributed by atoms with E-state index < -0.39 is 11.0 Å². The Bertz CT molecular complexity index is 441. The van der Waals surface area contributed by atoms with Gasteiger partial charge in [-0.2, -0.15) is 5.26 Å². The van der Waals surface area contributed by atoms with Gasteiger partial charge in [-0.05, 0) is 57.3 Å². The highest BCUT2D eigenvalue weighted by molar-refractivity contribution is 5.23. The lowest BCUT2D eigenvalue weighted by Crippen LogP contribution is -2.52. The Morgan fingerprint density at radius 2 is 2.00 bits per heavy atom. The smallest absolute Gasteiger partial charge is 0.0977 e. The largest absolute Gasteiger partial charge is 0.387 e. The molecule has 1 heterocycles. The molecule has 5 unspecified atom stereocenters. The lowest BCUT2D eigenvalue weighted by Gasteiger charge is -2.43. The number of rotatable bonds is 2. The zero-order valence-electron chi connectivity index (χ0n) is 11.8. The first-order valence-corrected chi connectivity index (χ1v) is 7.97. The average molecular weight is 260 g/mol. The molecule has 2 bridgehead atoms. The maximum absolute atomic E-state index is 11.3. The van der Waals surface area contributed by atoms with Crippen molar-refractivity contribution < 1.29 is 5.11 Å². The lowest BCUT2D eigenvalue weighted by atomic mass is 9.62. The molecule has 3 saturated carbocycles. The van der Waals surface area contributed by atoms with Crippen LogP contribution in [0.2, 0.25) is 0 Å². The molecule has 1 aliphatic heterocycles. The summed E-state index contributed by atoms with van der Waals surface area (Å²) in [7, 11) is 0. The summed E-state index contributed by atoms with van der Waals surface area (Å²) in [5.74, 6) is 1.16. The first-order valence-electron chi connectivity index (χ1n) is 7.97. The van der Waals surface area contributed by atoms with Crippen molar-refractivity contribution in [3.8, 4) is 6.07 Å². The van der Waals surface area contributed by atoms with Crippen LogP contribution in [0.15, 0.2) is 0 Å². The molecule has 1 N–H and O–H groups in total. The highest BCUT2D eigenvalue weighted by Gasteiger charge is 2.65. The van der Waals surface area contributed by atoms with Crippen LogP contribution in [0, 0.1) is 28.6 Å². The summed E-state index contributed by atoms with van der Waals surface area (Å²) in [4.78, 5) is 2.48. The van der Waals surface area contributed by atoms with Crippen LogP contribution < -0.4 is 0 Å². The van der Waals surface area contributed by atoms with Crippen molar-refractivity contribution in [2.45, 2.75) is 69.6 Å². The third-order valence-corrected chi connectivity index (χ3v) is 6.54. The van der Waals surface area contributed by atoms with Crippen molar-refractivity contribution in [1.29, 1.82) is 5.26 Å². The summed E-state index contributed by atoms with van der Waals surface area (Å²) in [5, 5.41) is 21.2. The second-order valence-electron chi connectivity index (χ2n) is 7.65. The third-order valence-electron chi connectivity index (χ3n) is 6.54. The first kappa shape index (κ1) is 12.2. The van der Waals surface area contributed by atoms with Gasteiger partial charge in [-0.25, -0.2) is 0 Å². The van der Waals surface area contributed by atoms with E-state index in [1.165, 1.54) is 32.1 Å². The lowest BCUT2D eigenvalue weighted by molar-refractivity contribution is -0.0732. The fourth-order valence-electron chi connectivity index (χ4n) is 5.49.